The monoisotopic (exact) mass is 299 g/mol. The molecule has 0 bridgehead atoms. The van der Waals surface area contributed by atoms with E-state index in [1.165, 1.54) is 55.2 Å². The molecule has 0 atom stereocenters. The zero-order chi connectivity index (χ0) is 15.4. The van der Waals surface area contributed by atoms with Crippen LogP contribution in [0.15, 0.2) is 30.3 Å². The summed E-state index contributed by atoms with van der Waals surface area (Å²) < 4.78 is 10.8. The first kappa shape index (κ1) is 15.2. The van der Waals surface area contributed by atoms with Crippen molar-refractivity contribution in [3.63, 3.8) is 0 Å². The summed E-state index contributed by atoms with van der Waals surface area (Å²) in [7, 11) is 3.36. The van der Waals surface area contributed by atoms with Crippen LogP contribution < -0.4 is 9.47 Å². The van der Waals surface area contributed by atoms with E-state index in [4.69, 9.17) is 9.47 Å². The average Bonchev–Trinajstić information content (AvgIpc) is 2.59. The number of benzene rings is 2. The molecule has 0 saturated carbocycles. The number of ether oxygens (including phenoxy) is 2. The lowest BCUT2D eigenvalue weighted by molar-refractivity contribution is 0.231. The second-order valence-corrected chi connectivity index (χ2v) is 6.04. The van der Waals surface area contributed by atoms with Gasteiger partial charge >= 0.3 is 0 Å². The van der Waals surface area contributed by atoms with E-state index in [-0.39, 0.29) is 0 Å². The summed E-state index contributed by atoms with van der Waals surface area (Å²) in [5.74, 6) is 1.58. The molecule has 0 N–H and O–H groups in total. The van der Waals surface area contributed by atoms with Gasteiger partial charge in [0.2, 0.25) is 0 Å². The molecule has 1 heterocycles. The lowest BCUT2D eigenvalue weighted by Crippen LogP contribution is -2.31. The maximum atomic E-state index is 5.41. The molecule has 118 valence electrons. The highest BCUT2D eigenvalue weighted by Gasteiger charge is 2.10. The van der Waals surface area contributed by atoms with Crippen molar-refractivity contribution in [3.8, 4) is 11.5 Å². The van der Waals surface area contributed by atoms with Gasteiger partial charge in [-0.05, 0) is 60.8 Å². The predicted octanol–water partition coefficient (Wildman–Crippen LogP) is 3.89. The molecule has 0 aromatic heterocycles. The van der Waals surface area contributed by atoms with E-state index in [2.05, 4.69) is 29.2 Å². The Morgan fingerprint density at radius 3 is 2.23 bits per heavy atom. The highest BCUT2D eigenvalue weighted by Crippen LogP contribution is 2.32. The van der Waals surface area contributed by atoms with E-state index in [0.29, 0.717) is 0 Å². The number of likely N-dealkylation sites (tertiary alicyclic amines) is 1. The minimum Gasteiger partial charge on any atom is -0.493 e. The van der Waals surface area contributed by atoms with Gasteiger partial charge in [0.25, 0.3) is 0 Å². The SMILES string of the molecule is COc1cc2ccc(CCN3CCCCC3)cc2cc1OC. The van der Waals surface area contributed by atoms with Crippen molar-refractivity contribution in [2.24, 2.45) is 0 Å². The van der Waals surface area contributed by atoms with Crippen LogP contribution in [0.4, 0.5) is 0 Å². The topological polar surface area (TPSA) is 21.7 Å². The molecule has 2 aromatic carbocycles. The van der Waals surface area contributed by atoms with Gasteiger partial charge in [0.1, 0.15) is 0 Å². The molecular formula is C19H25NO2. The molecule has 0 amide bonds. The molecule has 3 heteroatoms. The molecule has 2 aromatic rings. The minimum absolute atomic E-state index is 0.788. The summed E-state index contributed by atoms with van der Waals surface area (Å²) >= 11 is 0. The molecule has 1 saturated heterocycles. The van der Waals surface area contributed by atoms with Gasteiger partial charge in [-0.3, -0.25) is 0 Å². The van der Waals surface area contributed by atoms with Crippen LogP contribution in [0.25, 0.3) is 10.8 Å². The molecule has 1 fully saturated rings. The van der Waals surface area contributed by atoms with Crippen molar-refractivity contribution in [2.45, 2.75) is 25.7 Å². The molecule has 0 unspecified atom stereocenters. The summed E-state index contributed by atoms with van der Waals surface area (Å²) in [4.78, 5) is 2.59. The lowest BCUT2D eigenvalue weighted by Gasteiger charge is -2.26. The summed E-state index contributed by atoms with van der Waals surface area (Å²) in [6.07, 6.45) is 5.22. The van der Waals surface area contributed by atoms with E-state index < -0.39 is 0 Å². The van der Waals surface area contributed by atoms with Gasteiger partial charge in [0, 0.05) is 6.54 Å². The Kier molecular flexibility index (Phi) is 4.84. The van der Waals surface area contributed by atoms with Gasteiger partial charge in [-0.25, -0.2) is 0 Å². The first-order chi connectivity index (χ1) is 10.8. The third-order valence-corrected chi connectivity index (χ3v) is 4.57. The fourth-order valence-corrected chi connectivity index (χ4v) is 3.25. The standard InChI is InChI=1S/C19H25NO2/c1-21-18-13-16-7-6-15(12-17(16)14-19(18)22-2)8-11-20-9-4-3-5-10-20/h6-7,12-14H,3-5,8-11H2,1-2H3. The van der Waals surface area contributed by atoms with Gasteiger partial charge in [-0.2, -0.15) is 0 Å². The molecule has 1 aliphatic heterocycles. The number of piperidine rings is 1. The van der Waals surface area contributed by atoms with Crippen LogP contribution in [0.3, 0.4) is 0 Å². The largest absolute Gasteiger partial charge is 0.493 e. The van der Waals surface area contributed by atoms with Crippen LogP contribution >= 0.6 is 0 Å². The Labute approximate surface area is 132 Å². The normalized spacial score (nSPS) is 15.9. The van der Waals surface area contributed by atoms with Gasteiger partial charge in [0.05, 0.1) is 14.2 Å². The highest BCUT2D eigenvalue weighted by atomic mass is 16.5. The van der Waals surface area contributed by atoms with Crippen molar-refractivity contribution < 1.29 is 9.47 Å². The molecule has 1 aliphatic rings. The van der Waals surface area contributed by atoms with Crippen molar-refractivity contribution in [1.29, 1.82) is 0 Å². The van der Waals surface area contributed by atoms with E-state index >= 15 is 0 Å². The smallest absolute Gasteiger partial charge is 0.161 e. The van der Waals surface area contributed by atoms with Crippen molar-refractivity contribution in [3.05, 3.63) is 35.9 Å². The number of hydrogen-bond donors (Lipinski definition) is 0. The molecule has 0 spiro atoms. The maximum Gasteiger partial charge on any atom is 0.161 e. The quantitative estimate of drug-likeness (QED) is 0.836. The van der Waals surface area contributed by atoms with Gasteiger partial charge in [0.15, 0.2) is 11.5 Å². The van der Waals surface area contributed by atoms with Gasteiger partial charge in [-0.15, -0.1) is 0 Å². The Balaban J connectivity index is 1.76. The molecule has 3 rings (SSSR count). The van der Waals surface area contributed by atoms with E-state index in [9.17, 15) is 0 Å². The summed E-state index contributed by atoms with van der Waals surface area (Å²) in [6.45, 7) is 3.69. The second kappa shape index (κ2) is 7.01. The Morgan fingerprint density at radius 1 is 0.864 bits per heavy atom. The number of hydrogen-bond acceptors (Lipinski definition) is 3. The Bertz CT molecular complexity index is 633. The van der Waals surface area contributed by atoms with Crippen LogP contribution in [0.5, 0.6) is 11.5 Å². The van der Waals surface area contributed by atoms with E-state index in [0.717, 1.165) is 17.9 Å². The summed E-state index contributed by atoms with van der Waals surface area (Å²) in [6, 6.07) is 10.8. The Hall–Kier alpha value is -1.74. The van der Waals surface area contributed by atoms with E-state index in [1.807, 2.05) is 6.07 Å². The number of rotatable bonds is 5. The molecule has 0 radical (unpaired) electrons. The first-order valence-electron chi connectivity index (χ1n) is 8.17. The number of methoxy groups -OCH3 is 2. The fraction of sp³-hybridized carbons (Fsp3) is 0.474. The Morgan fingerprint density at radius 2 is 1.55 bits per heavy atom. The van der Waals surface area contributed by atoms with Crippen LogP contribution in [0.1, 0.15) is 24.8 Å². The highest BCUT2D eigenvalue weighted by molar-refractivity contribution is 5.86. The van der Waals surface area contributed by atoms with Crippen LogP contribution in [-0.4, -0.2) is 38.8 Å². The molecule has 0 aliphatic carbocycles. The third-order valence-electron chi connectivity index (χ3n) is 4.57. The molecule has 22 heavy (non-hydrogen) atoms. The fourth-order valence-electron chi connectivity index (χ4n) is 3.25. The predicted molar refractivity (Wildman–Crippen MR) is 91.0 cm³/mol. The van der Waals surface area contributed by atoms with Crippen molar-refractivity contribution in [2.75, 3.05) is 33.9 Å². The van der Waals surface area contributed by atoms with Crippen LogP contribution in [0, 0.1) is 0 Å². The molecular weight excluding hydrogens is 274 g/mol. The molecule has 3 nitrogen and oxygen atoms in total. The van der Waals surface area contributed by atoms with Crippen molar-refractivity contribution in [1.82, 2.24) is 4.90 Å². The minimum atomic E-state index is 0.788. The van der Waals surface area contributed by atoms with Crippen LogP contribution in [-0.2, 0) is 6.42 Å². The zero-order valence-electron chi connectivity index (χ0n) is 13.6. The van der Waals surface area contributed by atoms with Gasteiger partial charge < -0.3 is 14.4 Å². The van der Waals surface area contributed by atoms with Crippen molar-refractivity contribution >= 4 is 10.8 Å². The van der Waals surface area contributed by atoms with Gasteiger partial charge in [-0.1, -0.05) is 24.6 Å². The second-order valence-electron chi connectivity index (χ2n) is 6.04. The average molecular weight is 299 g/mol. The lowest BCUT2D eigenvalue weighted by atomic mass is 10.0. The van der Waals surface area contributed by atoms with Crippen LogP contribution in [0.2, 0.25) is 0 Å². The number of nitrogens with zero attached hydrogens (tertiary/aromatic N) is 1. The van der Waals surface area contributed by atoms with E-state index in [1.54, 1.807) is 14.2 Å². The third kappa shape index (κ3) is 3.36. The number of fused-ring (bicyclic) bond motifs is 1. The summed E-state index contributed by atoms with van der Waals surface area (Å²) in [5.41, 5.74) is 1.39. The zero-order valence-corrected chi connectivity index (χ0v) is 13.6. The maximum absolute atomic E-state index is 5.41. The first-order valence-corrected chi connectivity index (χ1v) is 8.17. The summed E-state index contributed by atoms with van der Waals surface area (Å²) in [5, 5.41) is 2.41.